The van der Waals surface area contributed by atoms with Gasteiger partial charge in [0.05, 0.1) is 12.7 Å². The number of aromatic nitrogens is 1. The number of nitrogens with one attached hydrogen (secondary N) is 2. The van der Waals surface area contributed by atoms with Gasteiger partial charge in [0, 0.05) is 22.6 Å². The first-order chi connectivity index (χ1) is 12.5. The van der Waals surface area contributed by atoms with Crippen LogP contribution in [0.3, 0.4) is 0 Å². The number of carbonyl (C=O) groups excluding carboxylic acids is 1. The van der Waals surface area contributed by atoms with Crippen molar-refractivity contribution in [2.45, 2.75) is 6.92 Å². The molecule has 0 bridgehead atoms. The maximum Gasteiger partial charge on any atom is 0.257 e. The highest BCUT2D eigenvalue weighted by Gasteiger charge is 2.08. The molecule has 0 atom stereocenters. The number of benzene rings is 2. The molecule has 0 unspecified atom stereocenters. The van der Waals surface area contributed by atoms with E-state index >= 15 is 0 Å². The molecule has 5 nitrogen and oxygen atoms in total. The van der Waals surface area contributed by atoms with Crippen LogP contribution in [0.5, 0.6) is 5.75 Å². The minimum atomic E-state index is -0.229. The summed E-state index contributed by atoms with van der Waals surface area (Å²) in [6.45, 7) is 1.98. The fourth-order valence-electron chi connectivity index (χ4n) is 2.35. The van der Waals surface area contributed by atoms with E-state index in [-0.39, 0.29) is 5.91 Å². The van der Waals surface area contributed by atoms with Gasteiger partial charge in [-0.15, -0.1) is 0 Å². The van der Waals surface area contributed by atoms with Crippen molar-refractivity contribution in [1.29, 1.82) is 0 Å². The van der Waals surface area contributed by atoms with E-state index < -0.39 is 0 Å². The lowest BCUT2D eigenvalue weighted by atomic mass is 10.2. The van der Waals surface area contributed by atoms with Crippen molar-refractivity contribution in [2.24, 2.45) is 0 Å². The Morgan fingerprint density at radius 1 is 1.08 bits per heavy atom. The highest BCUT2D eigenvalue weighted by Crippen LogP contribution is 2.23. The zero-order valence-corrected chi connectivity index (χ0v) is 15.2. The second-order valence-electron chi connectivity index (χ2n) is 5.70. The van der Waals surface area contributed by atoms with Crippen LogP contribution in [-0.2, 0) is 0 Å². The van der Waals surface area contributed by atoms with Crippen molar-refractivity contribution in [2.75, 3.05) is 17.7 Å². The summed E-state index contributed by atoms with van der Waals surface area (Å²) in [7, 11) is 1.60. The molecule has 1 heterocycles. The molecule has 0 saturated heterocycles. The van der Waals surface area contributed by atoms with E-state index in [2.05, 4.69) is 15.6 Å². The predicted molar refractivity (Wildman–Crippen MR) is 105 cm³/mol. The summed E-state index contributed by atoms with van der Waals surface area (Å²) in [6, 6.07) is 16.2. The molecule has 2 N–H and O–H groups in total. The molecule has 0 saturated carbocycles. The number of anilines is 3. The third-order valence-corrected chi connectivity index (χ3v) is 4.07. The first-order valence-electron chi connectivity index (χ1n) is 8.00. The molecule has 6 heteroatoms. The molecule has 0 spiro atoms. The number of methoxy groups -OCH3 is 1. The Hall–Kier alpha value is -3.05. The Morgan fingerprint density at radius 3 is 2.50 bits per heavy atom. The number of hydrogen-bond donors (Lipinski definition) is 2. The fraction of sp³-hybridized carbons (Fsp3) is 0.100. The minimum Gasteiger partial charge on any atom is -0.497 e. The topological polar surface area (TPSA) is 63.2 Å². The van der Waals surface area contributed by atoms with Gasteiger partial charge < -0.3 is 15.4 Å². The first-order valence-corrected chi connectivity index (χ1v) is 8.37. The Balaban J connectivity index is 1.68. The van der Waals surface area contributed by atoms with Crippen molar-refractivity contribution < 1.29 is 9.53 Å². The number of ether oxygens (including phenoxy) is 1. The number of hydrogen-bond acceptors (Lipinski definition) is 4. The lowest BCUT2D eigenvalue weighted by molar-refractivity contribution is 0.102. The zero-order chi connectivity index (χ0) is 18.5. The fourth-order valence-corrected chi connectivity index (χ4v) is 2.52. The first kappa shape index (κ1) is 17.8. The molecular formula is C20H18ClN3O2. The number of pyridine rings is 1. The van der Waals surface area contributed by atoms with Crippen LogP contribution >= 0.6 is 11.6 Å². The summed E-state index contributed by atoms with van der Waals surface area (Å²) >= 11 is 6.02. The second kappa shape index (κ2) is 7.89. The maximum atomic E-state index is 12.3. The Morgan fingerprint density at radius 2 is 1.85 bits per heavy atom. The van der Waals surface area contributed by atoms with Gasteiger partial charge in [0.15, 0.2) is 0 Å². The summed E-state index contributed by atoms with van der Waals surface area (Å²) in [6.07, 6.45) is 1.53. The highest BCUT2D eigenvalue weighted by molar-refractivity contribution is 6.30. The zero-order valence-electron chi connectivity index (χ0n) is 14.4. The van der Waals surface area contributed by atoms with Crippen molar-refractivity contribution in [3.05, 3.63) is 76.9 Å². The van der Waals surface area contributed by atoms with Crippen molar-refractivity contribution >= 4 is 34.7 Å². The molecule has 3 aromatic rings. The average Bonchev–Trinajstić information content (AvgIpc) is 2.66. The molecular weight excluding hydrogens is 350 g/mol. The van der Waals surface area contributed by atoms with Crippen LogP contribution in [0.25, 0.3) is 0 Å². The second-order valence-corrected chi connectivity index (χ2v) is 6.14. The Kier molecular flexibility index (Phi) is 5.39. The van der Waals surface area contributed by atoms with Crippen LogP contribution in [0.2, 0.25) is 5.02 Å². The predicted octanol–water partition coefficient (Wildman–Crippen LogP) is 5.05. The van der Waals surface area contributed by atoms with E-state index in [0.29, 0.717) is 22.1 Å². The number of nitrogens with zero attached hydrogens (tertiary/aromatic N) is 1. The summed E-state index contributed by atoms with van der Waals surface area (Å²) < 4.78 is 5.10. The molecule has 0 aliphatic carbocycles. The van der Waals surface area contributed by atoms with Crippen LogP contribution < -0.4 is 15.4 Å². The number of carbonyl (C=O) groups is 1. The van der Waals surface area contributed by atoms with Gasteiger partial charge in [-0.25, -0.2) is 4.98 Å². The number of aryl methyl sites for hydroxylation is 1. The molecule has 2 aromatic carbocycles. The molecule has 0 fully saturated rings. The number of rotatable bonds is 5. The lowest BCUT2D eigenvalue weighted by Gasteiger charge is -2.10. The van der Waals surface area contributed by atoms with Crippen molar-refractivity contribution in [1.82, 2.24) is 4.98 Å². The quantitative estimate of drug-likeness (QED) is 0.662. The minimum absolute atomic E-state index is 0.229. The normalized spacial score (nSPS) is 10.3. The Bertz CT molecular complexity index is 909. The van der Waals surface area contributed by atoms with Gasteiger partial charge in [-0.1, -0.05) is 17.7 Å². The maximum absolute atomic E-state index is 12.3. The van der Waals surface area contributed by atoms with E-state index in [4.69, 9.17) is 16.3 Å². The van der Waals surface area contributed by atoms with Gasteiger partial charge in [-0.2, -0.15) is 0 Å². The van der Waals surface area contributed by atoms with E-state index in [9.17, 15) is 4.79 Å². The van der Waals surface area contributed by atoms with Crippen LogP contribution in [0.15, 0.2) is 60.8 Å². The van der Waals surface area contributed by atoms with Gasteiger partial charge in [0.1, 0.15) is 11.6 Å². The standard InChI is InChI=1S/C20H18ClN3O2/c1-13-3-5-15(21)11-18(13)24-19-10-4-14(12-22-19)20(25)23-16-6-8-17(26-2)9-7-16/h3-12H,1-2H3,(H,22,24)(H,23,25). The molecule has 26 heavy (non-hydrogen) atoms. The monoisotopic (exact) mass is 367 g/mol. The van der Waals surface area contributed by atoms with Gasteiger partial charge >= 0.3 is 0 Å². The van der Waals surface area contributed by atoms with Crippen molar-refractivity contribution in [3.63, 3.8) is 0 Å². The van der Waals surface area contributed by atoms with Gasteiger partial charge in [0.25, 0.3) is 5.91 Å². The molecule has 0 aliphatic heterocycles. The van der Waals surface area contributed by atoms with Crippen molar-refractivity contribution in [3.8, 4) is 5.75 Å². The SMILES string of the molecule is COc1ccc(NC(=O)c2ccc(Nc3cc(Cl)ccc3C)nc2)cc1. The molecule has 0 radical (unpaired) electrons. The van der Waals surface area contributed by atoms with E-state index in [0.717, 1.165) is 17.0 Å². The van der Waals surface area contributed by atoms with Gasteiger partial charge in [-0.3, -0.25) is 4.79 Å². The van der Waals surface area contributed by atoms with Gasteiger partial charge in [0.2, 0.25) is 0 Å². The lowest BCUT2D eigenvalue weighted by Crippen LogP contribution is -2.12. The Labute approximate surface area is 157 Å². The summed E-state index contributed by atoms with van der Waals surface area (Å²) in [5.74, 6) is 1.14. The number of amides is 1. The summed E-state index contributed by atoms with van der Waals surface area (Å²) in [5.41, 5.74) is 3.08. The third-order valence-electron chi connectivity index (χ3n) is 3.84. The van der Waals surface area contributed by atoms with Crippen LogP contribution in [0.1, 0.15) is 15.9 Å². The molecule has 0 aliphatic rings. The molecule has 132 valence electrons. The van der Waals surface area contributed by atoms with Gasteiger partial charge in [-0.05, 0) is 61.0 Å². The number of halogens is 1. The van der Waals surface area contributed by atoms with E-state index in [1.165, 1.54) is 6.20 Å². The van der Waals surface area contributed by atoms with Crippen LogP contribution in [-0.4, -0.2) is 18.0 Å². The van der Waals surface area contributed by atoms with E-state index in [1.54, 1.807) is 43.5 Å². The van der Waals surface area contributed by atoms with E-state index in [1.807, 2.05) is 25.1 Å². The average molecular weight is 368 g/mol. The summed E-state index contributed by atoms with van der Waals surface area (Å²) in [4.78, 5) is 16.6. The highest BCUT2D eigenvalue weighted by atomic mass is 35.5. The van der Waals surface area contributed by atoms with Crippen LogP contribution in [0.4, 0.5) is 17.2 Å². The molecule has 1 amide bonds. The third kappa shape index (κ3) is 4.32. The summed E-state index contributed by atoms with van der Waals surface area (Å²) in [5, 5.41) is 6.67. The molecule has 1 aromatic heterocycles. The largest absolute Gasteiger partial charge is 0.497 e. The molecule has 3 rings (SSSR count). The smallest absolute Gasteiger partial charge is 0.257 e. The van der Waals surface area contributed by atoms with Crippen LogP contribution in [0, 0.1) is 6.92 Å².